The average molecular weight is 331 g/mol. The Hall–Kier alpha value is -2.50. The highest BCUT2D eigenvalue weighted by Gasteiger charge is 2.31. The van der Waals surface area contributed by atoms with Crippen LogP contribution in [0.25, 0.3) is 0 Å². The van der Waals surface area contributed by atoms with E-state index in [4.69, 9.17) is 4.74 Å². The zero-order chi connectivity index (χ0) is 17.7. The van der Waals surface area contributed by atoms with Gasteiger partial charge in [0.1, 0.15) is 0 Å². The number of hydrogen-bond donors (Lipinski definition) is 1. The lowest BCUT2D eigenvalue weighted by Gasteiger charge is -2.38. The molecule has 1 aliphatic rings. The number of urea groups is 1. The van der Waals surface area contributed by atoms with E-state index in [1.807, 2.05) is 38.1 Å². The third kappa shape index (κ3) is 4.07. The van der Waals surface area contributed by atoms with Crippen molar-refractivity contribution < 1.29 is 14.3 Å². The van der Waals surface area contributed by atoms with Gasteiger partial charge in [0.05, 0.1) is 19.7 Å². The van der Waals surface area contributed by atoms with Crippen LogP contribution in [0.5, 0.6) is 0 Å². The Balaban J connectivity index is 2.15. The lowest BCUT2D eigenvalue weighted by molar-refractivity contribution is 0.0153. The first-order valence-corrected chi connectivity index (χ1v) is 8.23. The van der Waals surface area contributed by atoms with Crippen LogP contribution in [0.2, 0.25) is 0 Å². The van der Waals surface area contributed by atoms with Crippen molar-refractivity contribution in [3.8, 4) is 0 Å². The van der Waals surface area contributed by atoms with Gasteiger partial charge in [0.25, 0.3) is 0 Å². The van der Waals surface area contributed by atoms with Gasteiger partial charge in [-0.05, 0) is 44.9 Å². The van der Waals surface area contributed by atoms with Crippen molar-refractivity contribution in [1.82, 2.24) is 10.0 Å². The van der Waals surface area contributed by atoms with E-state index < -0.39 is 6.09 Å². The van der Waals surface area contributed by atoms with E-state index in [-0.39, 0.29) is 12.6 Å². The maximum absolute atomic E-state index is 12.6. The van der Waals surface area contributed by atoms with Crippen LogP contribution in [0, 0.1) is 0 Å². The number of aryl methyl sites for hydroxylation is 1. The van der Waals surface area contributed by atoms with Crippen LogP contribution >= 0.6 is 0 Å². The van der Waals surface area contributed by atoms with Crippen LogP contribution in [0.3, 0.4) is 0 Å². The summed E-state index contributed by atoms with van der Waals surface area (Å²) >= 11 is 0. The Morgan fingerprint density at radius 2 is 1.62 bits per heavy atom. The molecule has 130 valence electrons. The maximum Gasteiger partial charge on any atom is 0.429 e. The van der Waals surface area contributed by atoms with E-state index in [1.54, 1.807) is 6.92 Å². The van der Waals surface area contributed by atoms with Gasteiger partial charge in [-0.1, -0.05) is 30.2 Å². The van der Waals surface area contributed by atoms with Crippen molar-refractivity contribution in [2.75, 3.05) is 25.0 Å². The fourth-order valence-electron chi connectivity index (χ4n) is 2.44. The summed E-state index contributed by atoms with van der Waals surface area (Å²) in [5.41, 5.74) is 4.05. The lowest BCUT2D eigenvalue weighted by Crippen LogP contribution is -2.55. The molecule has 0 aromatic heterocycles. The number of hydrogen-bond acceptors (Lipinski definition) is 3. The van der Waals surface area contributed by atoms with E-state index >= 15 is 0 Å². The molecule has 1 heterocycles. The molecule has 2 rings (SSSR count). The minimum atomic E-state index is -0.513. The van der Waals surface area contributed by atoms with Gasteiger partial charge in [0.2, 0.25) is 0 Å². The molecule has 24 heavy (non-hydrogen) atoms. The van der Waals surface area contributed by atoms with Crippen LogP contribution < -0.4 is 5.32 Å². The van der Waals surface area contributed by atoms with Crippen LogP contribution in [0.4, 0.5) is 15.3 Å². The van der Waals surface area contributed by atoms with Gasteiger partial charge in [-0.3, -0.25) is 0 Å². The number of carbonyl (C=O) groups is 2. The van der Waals surface area contributed by atoms with Crippen molar-refractivity contribution in [2.24, 2.45) is 0 Å². The number of nitrogens with one attached hydrogen (secondary N) is 1. The quantitative estimate of drug-likeness (QED) is 0.857. The summed E-state index contributed by atoms with van der Waals surface area (Å²) in [6, 6.07) is 7.33. The third-order valence-corrected chi connectivity index (χ3v) is 4.12. The topological polar surface area (TPSA) is 61.9 Å². The van der Waals surface area contributed by atoms with Gasteiger partial charge in [-0.15, -0.1) is 0 Å². The second-order valence-corrected chi connectivity index (χ2v) is 5.86. The van der Waals surface area contributed by atoms with Crippen LogP contribution in [0.1, 0.15) is 33.3 Å². The first-order chi connectivity index (χ1) is 11.5. The Kier molecular flexibility index (Phi) is 5.84. The molecule has 3 amide bonds. The van der Waals surface area contributed by atoms with Gasteiger partial charge in [0, 0.05) is 5.69 Å². The van der Waals surface area contributed by atoms with E-state index in [2.05, 4.69) is 12.2 Å². The predicted molar refractivity (Wildman–Crippen MR) is 93.6 cm³/mol. The zero-order valence-corrected chi connectivity index (χ0v) is 14.8. The Labute approximate surface area is 143 Å². The highest BCUT2D eigenvalue weighted by Crippen LogP contribution is 2.20. The summed E-state index contributed by atoms with van der Waals surface area (Å²) in [5.74, 6) is 0. The fourth-order valence-corrected chi connectivity index (χ4v) is 2.44. The maximum atomic E-state index is 12.6. The molecule has 1 aromatic carbocycles. The Morgan fingerprint density at radius 3 is 2.17 bits per heavy atom. The molecule has 0 unspecified atom stereocenters. The molecular formula is C18H25N3O3. The first kappa shape index (κ1) is 17.8. The fraction of sp³-hybridized carbons (Fsp3) is 0.444. The van der Waals surface area contributed by atoms with E-state index in [9.17, 15) is 9.59 Å². The van der Waals surface area contributed by atoms with Crippen molar-refractivity contribution >= 4 is 17.8 Å². The van der Waals surface area contributed by atoms with Crippen molar-refractivity contribution in [2.45, 2.75) is 34.1 Å². The number of rotatable bonds is 3. The van der Waals surface area contributed by atoms with Crippen molar-refractivity contribution in [3.63, 3.8) is 0 Å². The Morgan fingerprint density at radius 1 is 1.04 bits per heavy atom. The molecule has 0 saturated heterocycles. The minimum Gasteiger partial charge on any atom is -0.448 e. The monoisotopic (exact) mass is 331 g/mol. The van der Waals surface area contributed by atoms with Gasteiger partial charge < -0.3 is 10.1 Å². The summed E-state index contributed by atoms with van der Waals surface area (Å²) in [4.78, 5) is 24.8. The molecular weight excluding hydrogens is 306 g/mol. The molecule has 0 aliphatic carbocycles. The average Bonchev–Trinajstić information content (AvgIpc) is 2.57. The molecule has 0 atom stereocenters. The summed E-state index contributed by atoms with van der Waals surface area (Å²) in [5, 5.41) is 5.59. The molecule has 1 aromatic rings. The second-order valence-electron chi connectivity index (χ2n) is 5.86. The molecule has 0 radical (unpaired) electrons. The molecule has 0 saturated carbocycles. The number of ether oxygens (including phenoxy) is 1. The van der Waals surface area contributed by atoms with Crippen molar-refractivity contribution in [3.05, 3.63) is 41.0 Å². The molecule has 0 spiro atoms. The van der Waals surface area contributed by atoms with Gasteiger partial charge in [-0.2, -0.15) is 0 Å². The highest BCUT2D eigenvalue weighted by molar-refractivity contribution is 5.90. The predicted octanol–water partition coefficient (Wildman–Crippen LogP) is 3.81. The van der Waals surface area contributed by atoms with Gasteiger partial charge in [-0.25, -0.2) is 19.6 Å². The number of hydrazine groups is 1. The number of amides is 3. The molecule has 0 fully saturated rings. The van der Waals surface area contributed by atoms with Crippen LogP contribution in [-0.4, -0.2) is 41.8 Å². The Bertz CT molecular complexity index is 637. The number of nitrogens with zero attached hydrogens (tertiary/aromatic N) is 2. The van der Waals surface area contributed by atoms with Gasteiger partial charge in [0.15, 0.2) is 0 Å². The first-order valence-electron chi connectivity index (χ1n) is 8.23. The van der Waals surface area contributed by atoms with E-state index in [1.165, 1.54) is 15.6 Å². The lowest BCUT2D eigenvalue weighted by atomic mass is 10.1. The number of carbonyl (C=O) groups excluding carboxylic acids is 2. The summed E-state index contributed by atoms with van der Waals surface area (Å²) in [7, 11) is 0. The third-order valence-electron chi connectivity index (χ3n) is 4.12. The second kappa shape index (κ2) is 7.86. The summed E-state index contributed by atoms with van der Waals surface area (Å²) in [6.07, 6.45) is 0.432. The number of benzene rings is 1. The molecule has 1 N–H and O–H groups in total. The molecule has 0 bridgehead atoms. The van der Waals surface area contributed by atoms with Gasteiger partial charge >= 0.3 is 12.1 Å². The molecule has 6 heteroatoms. The SMILES string of the molecule is CCOC(=O)N1CC(C)=C(C)CN1C(=O)Nc1ccc(CC)cc1. The molecule has 1 aliphatic heterocycles. The highest BCUT2D eigenvalue weighted by atomic mass is 16.6. The molecule has 6 nitrogen and oxygen atoms in total. The number of anilines is 1. The summed E-state index contributed by atoms with van der Waals surface area (Å²) in [6.45, 7) is 8.74. The largest absolute Gasteiger partial charge is 0.448 e. The van der Waals surface area contributed by atoms with E-state index in [0.717, 1.165) is 17.6 Å². The van der Waals surface area contributed by atoms with E-state index in [0.29, 0.717) is 18.8 Å². The van der Waals surface area contributed by atoms with Crippen LogP contribution in [-0.2, 0) is 11.2 Å². The zero-order valence-electron chi connectivity index (χ0n) is 14.8. The normalized spacial score (nSPS) is 14.7. The summed E-state index contributed by atoms with van der Waals surface area (Å²) < 4.78 is 5.07. The standard InChI is InChI=1S/C18H25N3O3/c1-5-15-7-9-16(10-8-15)19-17(22)20-11-13(3)14(4)12-21(20)18(23)24-6-2/h7-10H,5-6,11-12H2,1-4H3,(H,19,22). The van der Waals surface area contributed by atoms with Crippen LogP contribution in [0.15, 0.2) is 35.4 Å². The van der Waals surface area contributed by atoms with Crippen molar-refractivity contribution in [1.29, 1.82) is 0 Å². The minimum absolute atomic E-state index is 0.269. The smallest absolute Gasteiger partial charge is 0.429 e.